The minimum Gasteiger partial charge on any atom is -0.481 e. The molecule has 1 unspecified atom stereocenters. The van der Waals surface area contributed by atoms with Crippen LogP contribution in [0.25, 0.3) is 0 Å². The first-order valence-corrected chi connectivity index (χ1v) is 8.01. The van der Waals surface area contributed by atoms with Gasteiger partial charge in [-0.25, -0.2) is 4.79 Å². The number of carbonyl (C=O) groups excluding carboxylic acids is 1. The number of carbonyl (C=O) groups is 2. The van der Waals surface area contributed by atoms with E-state index in [4.69, 9.17) is 4.74 Å². The topological polar surface area (TPSA) is 78.9 Å². The van der Waals surface area contributed by atoms with Crippen molar-refractivity contribution in [1.29, 1.82) is 0 Å². The molecule has 2 aliphatic rings. The predicted molar refractivity (Wildman–Crippen MR) is 84.0 cm³/mol. The highest BCUT2D eigenvalue weighted by molar-refractivity contribution is 5.73. The second kappa shape index (κ2) is 6.58. The van der Waals surface area contributed by atoms with Crippen molar-refractivity contribution in [2.75, 3.05) is 13.1 Å². The van der Waals surface area contributed by atoms with Gasteiger partial charge in [-0.1, -0.05) is 30.3 Å². The average molecular weight is 318 g/mol. The van der Waals surface area contributed by atoms with Gasteiger partial charge >= 0.3 is 12.1 Å². The maximum atomic E-state index is 12.1. The summed E-state index contributed by atoms with van der Waals surface area (Å²) < 4.78 is 5.25. The highest BCUT2D eigenvalue weighted by Gasteiger charge is 2.45. The number of likely N-dealkylation sites (tertiary alicyclic amines) is 1. The number of nitrogens with one attached hydrogen (secondary N) is 1. The highest BCUT2D eigenvalue weighted by atomic mass is 16.5. The smallest absolute Gasteiger partial charge is 0.407 e. The van der Waals surface area contributed by atoms with Crippen molar-refractivity contribution in [3.8, 4) is 0 Å². The lowest BCUT2D eigenvalue weighted by Gasteiger charge is -2.28. The molecule has 1 aliphatic carbocycles. The molecule has 1 heterocycles. The minimum absolute atomic E-state index is 0.0728. The Kier molecular flexibility index (Phi) is 4.52. The molecule has 0 aromatic heterocycles. The minimum atomic E-state index is -0.897. The Hall–Kier alpha value is -2.08. The van der Waals surface area contributed by atoms with E-state index in [0.717, 1.165) is 12.1 Å². The van der Waals surface area contributed by atoms with Crippen LogP contribution in [0.5, 0.6) is 0 Å². The van der Waals surface area contributed by atoms with Crippen LogP contribution in [0.2, 0.25) is 0 Å². The molecule has 6 nitrogen and oxygen atoms in total. The molecule has 0 spiro atoms. The van der Waals surface area contributed by atoms with E-state index >= 15 is 0 Å². The van der Waals surface area contributed by atoms with E-state index in [1.807, 2.05) is 30.3 Å². The SMILES string of the molecule is O=C(O)CC1(NC(=O)OCc2ccccc2)CCN(C2CC2)C1. The first-order chi connectivity index (χ1) is 11.1. The number of hydrogen-bond donors (Lipinski definition) is 2. The first kappa shape index (κ1) is 15.8. The van der Waals surface area contributed by atoms with Gasteiger partial charge in [0.1, 0.15) is 6.61 Å². The number of nitrogens with zero attached hydrogens (tertiary/aromatic N) is 1. The van der Waals surface area contributed by atoms with Crippen LogP contribution in [-0.2, 0) is 16.1 Å². The molecule has 23 heavy (non-hydrogen) atoms. The largest absolute Gasteiger partial charge is 0.481 e. The monoisotopic (exact) mass is 318 g/mol. The molecule has 0 bridgehead atoms. The average Bonchev–Trinajstić information content (AvgIpc) is 3.29. The van der Waals surface area contributed by atoms with Crippen LogP contribution in [0.1, 0.15) is 31.2 Å². The van der Waals surface area contributed by atoms with Crippen molar-refractivity contribution in [3.63, 3.8) is 0 Å². The number of rotatable bonds is 6. The summed E-state index contributed by atoms with van der Waals surface area (Å²) in [5, 5.41) is 12.0. The normalized spacial score (nSPS) is 24.3. The molecule has 1 saturated carbocycles. The van der Waals surface area contributed by atoms with Crippen molar-refractivity contribution in [1.82, 2.24) is 10.2 Å². The summed E-state index contributed by atoms with van der Waals surface area (Å²) in [6, 6.07) is 9.99. The molecule has 1 amide bonds. The van der Waals surface area contributed by atoms with Gasteiger partial charge in [-0.15, -0.1) is 0 Å². The molecule has 124 valence electrons. The van der Waals surface area contributed by atoms with Gasteiger partial charge in [0.05, 0.1) is 12.0 Å². The van der Waals surface area contributed by atoms with Crippen LogP contribution in [-0.4, -0.2) is 46.7 Å². The zero-order valence-electron chi connectivity index (χ0n) is 13.0. The standard InChI is InChI=1S/C17H22N2O4/c20-15(21)10-17(8-9-19(12-17)14-6-7-14)18-16(22)23-11-13-4-2-1-3-5-13/h1-5,14H,6-12H2,(H,18,22)(H,20,21). The molecular formula is C17H22N2O4. The van der Waals surface area contributed by atoms with Crippen LogP contribution >= 0.6 is 0 Å². The van der Waals surface area contributed by atoms with Gasteiger partial charge in [0.2, 0.25) is 0 Å². The highest BCUT2D eigenvalue weighted by Crippen LogP contribution is 2.35. The van der Waals surface area contributed by atoms with E-state index in [1.165, 1.54) is 12.8 Å². The first-order valence-electron chi connectivity index (χ1n) is 8.01. The zero-order chi connectivity index (χ0) is 16.3. The number of carboxylic acid groups (broad SMARTS) is 1. The van der Waals surface area contributed by atoms with Crippen molar-refractivity contribution in [2.45, 2.75) is 43.9 Å². The van der Waals surface area contributed by atoms with E-state index in [9.17, 15) is 14.7 Å². The number of aliphatic carboxylic acids is 1. The Morgan fingerprint density at radius 3 is 2.70 bits per heavy atom. The third-order valence-electron chi connectivity index (χ3n) is 4.52. The second-order valence-electron chi connectivity index (χ2n) is 6.49. The summed E-state index contributed by atoms with van der Waals surface area (Å²) in [4.78, 5) is 25.6. The Morgan fingerprint density at radius 1 is 1.30 bits per heavy atom. The Bertz CT molecular complexity index is 573. The molecular weight excluding hydrogens is 296 g/mol. The van der Waals surface area contributed by atoms with Gasteiger partial charge in [-0.3, -0.25) is 9.69 Å². The van der Waals surface area contributed by atoms with Gasteiger partial charge in [0.25, 0.3) is 0 Å². The van der Waals surface area contributed by atoms with Crippen molar-refractivity contribution in [3.05, 3.63) is 35.9 Å². The van der Waals surface area contributed by atoms with Crippen molar-refractivity contribution in [2.24, 2.45) is 0 Å². The Morgan fingerprint density at radius 2 is 2.04 bits per heavy atom. The van der Waals surface area contributed by atoms with E-state index in [0.29, 0.717) is 19.0 Å². The number of amides is 1. The molecule has 0 radical (unpaired) electrons. The van der Waals surface area contributed by atoms with Crippen LogP contribution in [0.3, 0.4) is 0 Å². The van der Waals surface area contributed by atoms with Crippen LogP contribution in [0.15, 0.2) is 30.3 Å². The molecule has 2 N–H and O–H groups in total. The third kappa shape index (κ3) is 4.22. The molecule has 2 fully saturated rings. The van der Waals surface area contributed by atoms with Gasteiger partial charge in [-0.05, 0) is 24.8 Å². The summed E-state index contributed by atoms with van der Waals surface area (Å²) in [7, 11) is 0. The molecule has 1 atom stereocenters. The number of hydrogen-bond acceptors (Lipinski definition) is 4. The quantitative estimate of drug-likeness (QED) is 0.838. The summed E-state index contributed by atoms with van der Waals surface area (Å²) >= 11 is 0. The molecule has 1 aliphatic heterocycles. The lowest BCUT2D eigenvalue weighted by molar-refractivity contribution is -0.138. The van der Waals surface area contributed by atoms with Gasteiger partial charge in [0.15, 0.2) is 0 Å². The number of alkyl carbamates (subject to hydrolysis) is 1. The Balaban J connectivity index is 1.57. The fraction of sp³-hybridized carbons (Fsp3) is 0.529. The zero-order valence-corrected chi connectivity index (χ0v) is 13.0. The molecule has 3 rings (SSSR count). The van der Waals surface area contributed by atoms with Crippen molar-refractivity contribution >= 4 is 12.1 Å². The second-order valence-corrected chi connectivity index (χ2v) is 6.49. The van der Waals surface area contributed by atoms with E-state index in [2.05, 4.69) is 10.2 Å². The summed E-state index contributed by atoms with van der Waals surface area (Å²) in [6.07, 6.45) is 2.36. The predicted octanol–water partition coefficient (Wildman–Crippen LogP) is 1.99. The summed E-state index contributed by atoms with van der Waals surface area (Å²) in [6.45, 7) is 1.60. The number of carboxylic acids is 1. The maximum absolute atomic E-state index is 12.1. The lowest BCUT2D eigenvalue weighted by Crippen LogP contribution is -2.52. The van der Waals surface area contributed by atoms with Crippen LogP contribution in [0.4, 0.5) is 4.79 Å². The maximum Gasteiger partial charge on any atom is 0.407 e. The number of benzene rings is 1. The van der Waals surface area contributed by atoms with Crippen molar-refractivity contribution < 1.29 is 19.4 Å². The third-order valence-corrected chi connectivity index (χ3v) is 4.52. The molecule has 1 saturated heterocycles. The van der Waals surface area contributed by atoms with Crippen LogP contribution in [0, 0.1) is 0 Å². The van der Waals surface area contributed by atoms with Gasteiger partial charge in [0, 0.05) is 19.1 Å². The molecule has 6 heteroatoms. The Labute approximate surface area is 135 Å². The lowest BCUT2D eigenvalue weighted by atomic mass is 9.94. The molecule has 1 aromatic rings. The summed E-state index contributed by atoms with van der Waals surface area (Å²) in [5.74, 6) is -0.897. The van der Waals surface area contributed by atoms with Crippen LogP contribution < -0.4 is 5.32 Å². The summed E-state index contributed by atoms with van der Waals surface area (Å²) in [5.41, 5.74) is 0.184. The van der Waals surface area contributed by atoms with E-state index in [1.54, 1.807) is 0 Å². The fourth-order valence-electron chi connectivity index (χ4n) is 3.21. The van der Waals surface area contributed by atoms with E-state index in [-0.39, 0.29) is 13.0 Å². The van der Waals surface area contributed by atoms with Gasteiger partial charge < -0.3 is 15.2 Å². The molecule has 1 aromatic carbocycles. The van der Waals surface area contributed by atoms with Gasteiger partial charge in [-0.2, -0.15) is 0 Å². The fourth-order valence-corrected chi connectivity index (χ4v) is 3.21. The van der Waals surface area contributed by atoms with E-state index < -0.39 is 17.6 Å². The number of ether oxygens (including phenoxy) is 1.